The Morgan fingerprint density at radius 1 is 0.788 bits per heavy atom. The molecule has 0 aromatic heterocycles. The number of carbonyl (C=O) groups excluding carboxylic acids is 7. The highest BCUT2D eigenvalue weighted by Crippen LogP contribution is 2.20. The maximum absolute atomic E-state index is 13.6. The largest absolute Gasteiger partial charge is 0.481 e. The Hall–Kier alpha value is -4.23. The SMILES string of the molecule is C[C@@H](O)[C@H](NC(=O)CNC(=O)[C@H](CO)NC(=O)[C@@H]1CCCN1C(=O)[C@H](CCC(=O)O)NC(=O)[C@H](CO)NC(=O)[C@@H](N)CS)C(=O)N[C@@H](CS)C(=O)O. The molecule has 0 bridgehead atoms. The molecule has 1 aliphatic rings. The molecule has 0 aromatic rings. The smallest absolute Gasteiger partial charge is 0.327 e. The number of amides is 7. The zero-order valence-corrected chi connectivity index (χ0v) is 29.8. The molecule has 0 aromatic carbocycles. The predicted octanol–water partition coefficient (Wildman–Crippen LogP) is -6.98. The number of nitrogens with zero attached hydrogens (tertiary/aromatic N) is 1. The van der Waals surface area contributed by atoms with Gasteiger partial charge in [0.05, 0.1) is 31.9 Å². The molecule has 52 heavy (non-hydrogen) atoms. The van der Waals surface area contributed by atoms with Crippen LogP contribution in [0.4, 0.5) is 0 Å². The molecule has 22 nitrogen and oxygen atoms in total. The Morgan fingerprint density at radius 2 is 1.37 bits per heavy atom. The number of aliphatic hydroxyl groups is 3. The molecule has 1 rings (SSSR count). The lowest BCUT2D eigenvalue weighted by atomic mass is 10.1. The third-order valence-electron chi connectivity index (χ3n) is 7.57. The van der Waals surface area contributed by atoms with Crippen LogP contribution in [0.25, 0.3) is 0 Å². The summed E-state index contributed by atoms with van der Waals surface area (Å²) in [5.74, 6) is -9.91. The quantitative estimate of drug-likeness (QED) is 0.0454. The van der Waals surface area contributed by atoms with E-state index in [4.69, 9.17) is 10.8 Å². The minimum Gasteiger partial charge on any atom is -0.481 e. The van der Waals surface area contributed by atoms with E-state index in [0.29, 0.717) is 0 Å². The van der Waals surface area contributed by atoms with Gasteiger partial charge in [-0.25, -0.2) is 4.79 Å². The van der Waals surface area contributed by atoms with Gasteiger partial charge in [0.15, 0.2) is 0 Å². The summed E-state index contributed by atoms with van der Waals surface area (Å²) >= 11 is 7.69. The van der Waals surface area contributed by atoms with Gasteiger partial charge in [-0.15, -0.1) is 0 Å². The number of rotatable bonds is 22. The molecule has 1 saturated heterocycles. The van der Waals surface area contributed by atoms with Gasteiger partial charge in [-0.2, -0.15) is 25.3 Å². The van der Waals surface area contributed by atoms with Crippen LogP contribution >= 0.6 is 25.3 Å². The number of likely N-dealkylation sites (tertiary alicyclic amines) is 1. The van der Waals surface area contributed by atoms with Crippen molar-refractivity contribution in [1.29, 1.82) is 0 Å². The van der Waals surface area contributed by atoms with Crippen LogP contribution < -0.4 is 37.6 Å². The van der Waals surface area contributed by atoms with Crippen LogP contribution in [0, 0.1) is 0 Å². The van der Waals surface area contributed by atoms with Crippen molar-refractivity contribution in [2.45, 2.75) is 81.0 Å². The Labute approximate surface area is 308 Å². The van der Waals surface area contributed by atoms with Crippen molar-refractivity contribution in [3.05, 3.63) is 0 Å². The number of carbonyl (C=O) groups is 9. The fourth-order valence-electron chi connectivity index (χ4n) is 4.69. The molecule has 8 atom stereocenters. The number of nitrogens with two attached hydrogens (primary N) is 1. The van der Waals surface area contributed by atoms with Crippen LogP contribution in [0.1, 0.15) is 32.6 Å². The van der Waals surface area contributed by atoms with Crippen molar-refractivity contribution in [3.8, 4) is 0 Å². The van der Waals surface area contributed by atoms with Gasteiger partial charge in [0.2, 0.25) is 41.4 Å². The van der Waals surface area contributed by atoms with Crippen LogP contribution in [0.15, 0.2) is 0 Å². The molecule has 0 unspecified atom stereocenters. The summed E-state index contributed by atoms with van der Waals surface area (Å²) in [6, 6.07) is -10.2. The van der Waals surface area contributed by atoms with Crippen LogP contribution in [-0.4, -0.2) is 170 Å². The van der Waals surface area contributed by atoms with E-state index in [-0.39, 0.29) is 30.9 Å². The van der Waals surface area contributed by atoms with E-state index in [2.05, 4.69) is 57.2 Å². The van der Waals surface area contributed by atoms with Gasteiger partial charge >= 0.3 is 11.9 Å². The van der Waals surface area contributed by atoms with E-state index >= 15 is 0 Å². The van der Waals surface area contributed by atoms with Crippen molar-refractivity contribution in [1.82, 2.24) is 36.8 Å². The van der Waals surface area contributed by atoms with Crippen LogP contribution in [-0.2, 0) is 43.2 Å². The molecular formula is C28H46N8O14S2. The Kier molecular flexibility index (Phi) is 19.9. The highest BCUT2D eigenvalue weighted by molar-refractivity contribution is 7.80. The van der Waals surface area contributed by atoms with Crippen molar-refractivity contribution in [2.75, 3.05) is 37.8 Å². The minimum atomic E-state index is -1.65. The predicted molar refractivity (Wildman–Crippen MR) is 183 cm³/mol. The maximum atomic E-state index is 13.6. The molecule has 13 N–H and O–H groups in total. The zero-order chi connectivity index (χ0) is 39.7. The monoisotopic (exact) mass is 782 g/mol. The Bertz CT molecular complexity index is 1320. The van der Waals surface area contributed by atoms with Crippen LogP contribution in [0.3, 0.4) is 0 Å². The van der Waals surface area contributed by atoms with E-state index in [1.807, 2.05) is 0 Å². The van der Waals surface area contributed by atoms with E-state index in [9.17, 15) is 63.6 Å². The van der Waals surface area contributed by atoms with Crippen molar-refractivity contribution in [3.63, 3.8) is 0 Å². The summed E-state index contributed by atoms with van der Waals surface area (Å²) in [4.78, 5) is 113. The number of aliphatic hydroxyl groups excluding tert-OH is 3. The second kappa shape index (κ2) is 22.7. The first-order valence-corrected chi connectivity index (χ1v) is 17.1. The fraction of sp³-hybridized carbons (Fsp3) is 0.679. The summed E-state index contributed by atoms with van der Waals surface area (Å²) in [5, 5.41) is 60.8. The Morgan fingerprint density at radius 3 is 1.88 bits per heavy atom. The lowest BCUT2D eigenvalue weighted by Gasteiger charge is -2.30. The number of hydrogen-bond acceptors (Lipinski definition) is 15. The van der Waals surface area contributed by atoms with Crippen LogP contribution in [0.5, 0.6) is 0 Å². The average Bonchev–Trinajstić information content (AvgIpc) is 3.60. The molecule has 24 heteroatoms. The van der Waals surface area contributed by atoms with E-state index in [0.717, 1.165) is 11.8 Å². The molecule has 1 heterocycles. The second-order valence-corrected chi connectivity index (χ2v) is 12.3. The molecule has 0 spiro atoms. The molecule has 7 amide bonds. The summed E-state index contributed by atoms with van der Waals surface area (Å²) in [6.45, 7) is -1.57. The summed E-state index contributed by atoms with van der Waals surface area (Å²) < 4.78 is 0. The van der Waals surface area contributed by atoms with Gasteiger partial charge in [0, 0.05) is 24.5 Å². The molecule has 1 aliphatic heterocycles. The van der Waals surface area contributed by atoms with E-state index < -0.39 is 134 Å². The van der Waals surface area contributed by atoms with Crippen molar-refractivity contribution in [2.24, 2.45) is 5.73 Å². The highest BCUT2D eigenvalue weighted by atomic mass is 32.1. The third kappa shape index (κ3) is 14.4. The number of carboxylic acid groups (broad SMARTS) is 2. The summed E-state index contributed by atoms with van der Waals surface area (Å²) in [7, 11) is 0. The molecule has 0 aliphatic carbocycles. The van der Waals surface area contributed by atoms with Crippen molar-refractivity contribution < 1.29 is 68.7 Å². The van der Waals surface area contributed by atoms with Gasteiger partial charge in [-0.3, -0.25) is 38.4 Å². The summed E-state index contributed by atoms with van der Waals surface area (Å²) in [6.07, 6.45) is -2.19. The first-order valence-electron chi connectivity index (χ1n) is 15.8. The standard InChI is InChI=1S/C28H46N8O14S2/c1-12(39)21(26(47)34-17(11-52)28(49)50)35-19(40)7-30-23(44)15(8-37)33-25(46)18-3-2-6-36(18)27(48)14(4-5-20(41)42)31-24(45)16(9-38)32-22(43)13(29)10-51/h12-18,21,37-39,51-52H,2-11,29H2,1H3,(H,30,44)(H,31,45)(H,32,43)(H,33,46)(H,34,47)(H,35,40)(H,41,42)(H,49,50)/t12-,13+,14+,15+,16+,17+,18+,21+/m1/s1. The molecule has 1 fully saturated rings. The normalized spacial score (nSPS) is 17.9. The zero-order valence-electron chi connectivity index (χ0n) is 28.0. The van der Waals surface area contributed by atoms with Gasteiger partial charge in [0.25, 0.3) is 0 Å². The lowest BCUT2D eigenvalue weighted by Crippen LogP contribution is -2.60. The number of aliphatic carboxylic acids is 2. The Balaban J connectivity index is 2.96. The van der Waals surface area contributed by atoms with E-state index in [1.54, 1.807) is 0 Å². The molecule has 294 valence electrons. The topological polar surface area (TPSA) is 356 Å². The minimum absolute atomic E-state index is 0.0251. The number of nitrogens with one attached hydrogen (secondary N) is 6. The second-order valence-electron chi connectivity index (χ2n) is 11.5. The van der Waals surface area contributed by atoms with Gasteiger partial charge in [0.1, 0.15) is 36.3 Å². The molecule has 0 radical (unpaired) electrons. The van der Waals surface area contributed by atoms with Crippen molar-refractivity contribution >= 4 is 78.5 Å². The van der Waals surface area contributed by atoms with Gasteiger partial charge in [-0.05, 0) is 26.2 Å². The molecular weight excluding hydrogens is 736 g/mol. The summed E-state index contributed by atoms with van der Waals surface area (Å²) in [5.41, 5.74) is 5.57. The first kappa shape index (κ1) is 45.8. The first-order chi connectivity index (χ1) is 24.4. The number of carboxylic acids is 2. The fourth-order valence-corrected chi connectivity index (χ4v) is 5.10. The van der Waals surface area contributed by atoms with E-state index in [1.165, 1.54) is 0 Å². The molecule has 0 saturated carbocycles. The van der Waals surface area contributed by atoms with Crippen LogP contribution in [0.2, 0.25) is 0 Å². The maximum Gasteiger partial charge on any atom is 0.327 e. The van der Waals surface area contributed by atoms with Gasteiger partial charge < -0.3 is 68.1 Å². The average molecular weight is 783 g/mol. The number of thiol groups is 2. The highest BCUT2D eigenvalue weighted by Gasteiger charge is 2.40. The third-order valence-corrected chi connectivity index (χ3v) is 8.32. The van der Waals surface area contributed by atoms with Gasteiger partial charge in [-0.1, -0.05) is 0 Å². The number of hydrogen-bond donors (Lipinski definition) is 14. The lowest BCUT2D eigenvalue weighted by molar-refractivity contribution is -0.144.